The van der Waals surface area contributed by atoms with E-state index in [9.17, 15) is 9.59 Å². The maximum atomic E-state index is 11.1. The van der Waals surface area contributed by atoms with Crippen molar-refractivity contribution in [2.45, 2.75) is 25.9 Å². The lowest BCUT2D eigenvalue weighted by Crippen LogP contribution is -2.57. The Morgan fingerprint density at radius 1 is 1.31 bits per heavy atom. The number of amides is 1. The molecular weight excluding hydrogens is 172 g/mol. The van der Waals surface area contributed by atoms with Crippen molar-refractivity contribution in [2.24, 2.45) is 0 Å². The van der Waals surface area contributed by atoms with Crippen LogP contribution >= 0.6 is 0 Å². The number of carboxylic acid groups (broad SMARTS) is 1. The summed E-state index contributed by atoms with van der Waals surface area (Å²) in [5.41, 5.74) is 0. The third-order valence-corrected chi connectivity index (χ3v) is 2.03. The van der Waals surface area contributed by atoms with Crippen LogP contribution in [0.5, 0.6) is 0 Å². The van der Waals surface area contributed by atoms with E-state index in [1.165, 1.54) is 4.90 Å². The molecule has 0 aliphatic carbocycles. The van der Waals surface area contributed by atoms with Crippen molar-refractivity contribution in [3.05, 3.63) is 0 Å². The number of carbonyl (C=O) groups is 2. The normalized spacial score (nSPS) is 28.6. The van der Waals surface area contributed by atoms with Gasteiger partial charge in [-0.15, -0.1) is 0 Å². The number of carbonyl (C=O) groups excluding carboxylic acids is 1. The van der Waals surface area contributed by atoms with Crippen LogP contribution in [0, 0.1) is 0 Å². The van der Waals surface area contributed by atoms with Crippen molar-refractivity contribution in [2.75, 3.05) is 13.1 Å². The maximum absolute atomic E-state index is 11.1. The number of rotatable bonds is 0. The first-order chi connectivity index (χ1) is 6.00. The Bertz CT molecular complexity index is 219. The summed E-state index contributed by atoms with van der Waals surface area (Å²) >= 11 is 0. The Labute approximate surface area is 76.7 Å². The first-order valence-corrected chi connectivity index (χ1v) is 4.29. The van der Waals surface area contributed by atoms with Gasteiger partial charge in [-0.05, 0) is 13.8 Å². The van der Waals surface area contributed by atoms with Gasteiger partial charge in [0.15, 0.2) is 0 Å². The van der Waals surface area contributed by atoms with Gasteiger partial charge in [-0.3, -0.25) is 4.79 Å². The topological polar surface area (TPSA) is 69.6 Å². The quantitative estimate of drug-likeness (QED) is 0.490. The predicted molar refractivity (Wildman–Crippen MR) is 46.3 cm³/mol. The van der Waals surface area contributed by atoms with Crippen molar-refractivity contribution in [1.29, 1.82) is 0 Å². The van der Waals surface area contributed by atoms with Crippen LogP contribution in [0.25, 0.3) is 0 Å². The highest BCUT2D eigenvalue weighted by molar-refractivity contribution is 6.31. The number of carboxylic acids is 1. The van der Waals surface area contributed by atoms with Gasteiger partial charge in [-0.1, -0.05) is 0 Å². The van der Waals surface area contributed by atoms with E-state index in [1.807, 2.05) is 13.8 Å². The highest BCUT2D eigenvalue weighted by atomic mass is 16.4. The van der Waals surface area contributed by atoms with E-state index in [2.05, 4.69) is 5.32 Å². The van der Waals surface area contributed by atoms with Gasteiger partial charge in [-0.25, -0.2) is 4.79 Å². The molecule has 0 aromatic heterocycles. The van der Waals surface area contributed by atoms with Crippen molar-refractivity contribution in [3.63, 3.8) is 0 Å². The summed E-state index contributed by atoms with van der Waals surface area (Å²) in [6, 6.07) is 0.319. The summed E-state index contributed by atoms with van der Waals surface area (Å²) in [7, 11) is 0. The lowest BCUT2D eigenvalue weighted by atomic mass is 10.1. The first-order valence-electron chi connectivity index (χ1n) is 4.29. The molecule has 0 saturated carbocycles. The second-order valence-corrected chi connectivity index (χ2v) is 3.48. The third kappa shape index (κ3) is 2.42. The molecule has 1 heterocycles. The van der Waals surface area contributed by atoms with Gasteiger partial charge in [0.05, 0.1) is 0 Å². The molecule has 1 aliphatic rings. The van der Waals surface area contributed by atoms with Gasteiger partial charge in [0.25, 0.3) is 0 Å². The number of aliphatic carboxylic acids is 1. The molecule has 1 rings (SSSR count). The third-order valence-electron chi connectivity index (χ3n) is 2.03. The van der Waals surface area contributed by atoms with Crippen LogP contribution < -0.4 is 5.32 Å². The number of hydrogen-bond donors (Lipinski definition) is 2. The minimum absolute atomic E-state index is 0.159. The lowest BCUT2D eigenvalue weighted by Gasteiger charge is -2.35. The zero-order chi connectivity index (χ0) is 10.0. The molecule has 0 aromatic rings. The standard InChI is InChI=1S/C8H14N2O3/c1-5-3-10(4-6(2)9-5)7(11)8(12)13/h5-6,9H,3-4H2,1-2H3,(H,12,13)/t5-,6+. The van der Waals surface area contributed by atoms with Gasteiger partial charge in [0.1, 0.15) is 0 Å². The monoisotopic (exact) mass is 186 g/mol. The molecule has 1 saturated heterocycles. The molecule has 1 fully saturated rings. The van der Waals surface area contributed by atoms with Gasteiger partial charge in [0.2, 0.25) is 0 Å². The Morgan fingerprint density at radius 2 is 1.77 bits per heavy atom. The molecule has 0 radical (unpaired) electrons. The average Bonchev–Trinajstić information content (AvgIpc) is 2.01. The first kappa shape index (κ1) is 9.98. The van der Waals surface area contributed by atoms with E-state index in [1.54, 1.807) is 0 Å². The van der Waals surface area contributed by atoms with Crippen LogP contribution in [0.2, 0.25) is 0 Å². The number of nitrogens with one attached hydrogen (secondary N) is 1. The predicted octanol–water partition coefficient (Wildman–Crippen LogP) is -0.720. The molecule has 2 atom stereocenters. The van der Waals surface area contributed by atoms with Crippen LogP contribution in [-0.2, 0) is 9.59 Å². The molecule has 1 amide bonds. The summed E-state index contributed by atoms with van der Waals surface area (Å²) in [5.74, 6) is -2.18. The molecule has 5 nitrogen and oxygen atoms in total. The van der Waals surface area contributed by atoms with E-state index in [0.29, 0.717) is 13.1 Å². The number of hydrogen-bond acceptors (Lipinski definition) is 3. The van der Waals surface area contributed by atoms with Crippen LogP contribution in [0.4, 0.5) is 0 Å². The largest absolute Gasteiger partial charge is 0.474 e. The second-order valence-electron chi connectivity index (χ2n) is 3.48. The molecule has 0 spiro atoms. The SMILES string of the molecule is C[C@@H]1CN(C(=O)C(=O)O)C[C@H](C)N1. The minimum Gasteiger partial charge on any atom is -0.474 e. The van der Waals surface area contributed by atoms with Crippen LogP contribution in [0.15, 0.2) is 0 Å². The van der Waals surface area contributed by atoms with Crippen molar-refractivity contribution >= 4 is 11.9 Å². The van der Waals surface area contributed by atoms with Gasteiger partial charge < -0.3 is 15.3 Å². The van der Waals surface area contributed by atoms with E-state index in [-0.39, 0.29) is 12.1 Å². The molecule has 1 aliphatic heterocycles. The summed E-state index contributed by atoms with van der Waals surface area (Å²) in [5, 5.41) is 11.7. The highest BCUT2D eigenvalue weighted by Gasteiger charge is 2.28. The van der Waals surface area contributed by atoms with Crippen LogP contribution in [0.1, 0.15) is 13.8 Å². The Morgan fingerprint density at radius 3 is 2.15 bits per heavy atom. The zero-order valence-corrected chi connectivity index (χ0v) is 7.78. The Kier molecular flexibility index (Phi) is 2.87. The van der Waals surface area contributed by atoms with Crippen molar-refractivity contribution < 1.29 is 14.7 Å². The van der Waals surface area contributed by atoms with E-state index >= 15 is 0 Å². The van der Waals surface area contributed by atoms with Gasteiger partial charge >= 0.3 is 11.9 Å². The highest BCUT2D eigenvalue weighted by Crippen LogP contribution is 2.03. The number of piperazine rings is 1. The fourth-order valence-corrected chi connectivity index (χ4v) is 1.63. The smallest absolute Gasteiger partial charge is 0.394 e. The zero-order valence-electron chi connectivity index (χ0n) is 7.78. The van der Waals surface area contributed by atoms with Crippen molar-refractivity contribution in [1.82, 2.24) is 10.2 Å². The fraction of sp³-hybridized carbons (Fsp3) is 0.750. The van der Waals surface area contributed by atoms with Gasteiger partial charge in [0, 0.05) is 25.2 Å². The molecule has 74 valence electrons. The Balaban J connectivity index is 2.60. The van der Waals surface area contributed by atoms with E-state index in [4.69, 9.17) is 5.11 Å². The summed E-state index contributed by atoms with van der Waals surface area (Å²) in [6.07, 6.45) is 0. The minimum atomic E-state index is -1.37. The molecule has 0 bridgehead atoms. The van der Waals surface area contributed by atoms with Gasteiger partial charge in [-0.2, -0.15) is 0 Å². The molecule has 13 heavy (non-hydrogen) atoms. The lowest BCUT2D eigenvalue weighted by molar-refractivity contribution is -0.156. The summed E-state index contributed by atoms with van der Waals surface area (Å²) in [6.45, 7) is 4.79. The molecule has 5 heteroatoms. The fourth-order valence-electron chi connectivity index (χ4n) is 1.63. The molecule has 0 aromatic carbocycles. The molecular formula is C8H14N2O3. The Hall–Kier alpha value is -1.10. The van der Waals surface area contributed by atoms with Crippen LogP contribution in [0.3, 0.4) is 0 Å². The van der Waals surface area contributed by atoms with E-state index < -0.39 is 11.9 Å². The second kappa shape index (κ2) is 3.74. The maximum Gasteiger partial charge on any atom is 0.394 e. The average molecular weight is 186 g/mol. The summed E-state index contributed by atoms with van der Waals surface area (Å²) in [4.78, 5) is 22.9. The van der Waals surface area contributed by atoms with Crippen molar-refractivity contribution in [3.8, 4) is 0 Å². The molecule has 0 unspecified atom stereocenters. The summed E-state index contributed by atoms with van der Waals surface area (Å²) < 4.78 is 0. The van der Waals surface area contributed by atoms with E-state index in [0.717, 1.165) is 0 Å². The molecule has 2 N–H and O–H groups in total. The van der Waals surface area contributed by atoms with Crippen LogP contribution in [-0.4, -0.2) is 47.1 Å². The number of nitrogens with zero attached hydrogens (tertiary/aromatic N) is 1.